The van der Waals surface area contributed by atoms with Crippen molar-refractivity contribution in [2.24, 2.45) is 0 Å². The summed E-state index contributed by atoms with van der Waals surface area (Å²) < 4.78 is 5.47. The number of amides is 1. The summed E-state index contributed by atoms with van der Waals surface area (Å²) in [5, 5.41) is 11.6. The van der Waals surface area contributed by atoms with Crippen molar-refractivity contribution in [1.29, 1.82) is 5.26 Å². The molecule has 21 heavy (non-hydrogen) atoms. The summed E-state index contributed by atoms with van der Waals surface area (Å²) in [7, 11) is 0. The van der Waals surface area contributed by atoms with Gasteiger partial charge in [0.1, 0.15) is 5.75 Å². The second-order valence-electron chi connectivity index (χ2n) is 4.46. The van der Waals surface area contributed by atoms with E-state index in [1.807, 2.05) is 31.2 Å². The lowest BCUT2D eigenvalue weighted by Gasteiger charge is -2.11. The lowest BCUT2D eigenvalue weighted by Crippen LogP contribution is -2.15. The molecule has 106 valence electrons. The largest absolute Gasteiger partial charge is 0.492 e. The van der Waals surface area contributed by atoms with Gasteiger partial charge in [-0.15, -0.1) is 0 Å². The van der Waals surface area contributed by atoms with E-state index in [9.17, 15) is 4.79 Å². The van der Waals surface area contributed by atoms with Gasteiger partial charge in [0.05, 0.1) is 30.3 Å². The topological polar surface area (TPSA) is 62.1 Å². The molecule has 1 amide bonds. The van der Waals surface area contributed by atoms with Gasteiger partial charge in [0.15, 0.2) is 0 Å². The van der Waals surface area contributed by atoms with Crippen LogP contribution in [-0.4, -0.2) is 12.5 Å². The Morgan fingerprint density at radius 2 is 1.90 bits per heavy atom. The minimum atomic E-state index is -0.119. The van der Waals surface area contributed by atoms with Crippen LogP contribution in [0.3, 0.4) is 0 Å². The number of hydrogen-bond donors (Lipinski definition) is 1. The number of benzene rings is 2. The van der Waals surface area contributed by atoms with Gasteiger partial charge in [-0.05, 0) is 36.8 Å². The average Bonchev–Trinajstić information content (AvgIpc) is 2.50. The van der Waals surface area contributed by atoms with Crippen molar-refractivity contribution in [2.45, 2.75) is 13.3 Å². The number of hydrogen-bond acceptors (Lipinski definition) is 3. The van der Waals surface area contributed by atoms with Crippen molar-refractivity contribution in [3.63, 3.8) is 0 Å². The SMILES string of the molecule is CCOc1ccccc1NC(=O)Cc1ccc(C#N)cc1. The number of anilines is 1. The molecular weight excluding hydrogens is 264 g/mol. The first-order valence-electron chi connectivity index (χ1n) is 6.73. The summed E-state index contributed by atoms with van der Waals surface area (Å²) in [6.07, 6.45) is 0.256. The first-order valence-corrected chi connectivity index (χ1v) is 6.73. The quantitative estimate of drug-likeness (QED) is 0.915. The fourth-order valence-corrected chi connectivity index (χ4v) is 1.93. The summed E-state index contributed by atoms with van der Waals surface area (Å²) in [5.41, 5.74) is 2.11. The molecule has 0 aliphatic carbocycles. The third-order valence-electron chi connectivity index (χ3n) is 2.91. The Kier molecular flexibility index (Phi) is 4.94. The van der Waals surface area contributed by atoms with Gasteiger partial charge in [0, 0.05) is 0 Å². The number of rotatable bonds is 5. The van der Waals surface area contributed by atoms with E-state index in [0.29, 0.717) is 23.6 Å². The van der Waals surface area contributed by atoms with Crippen LogP contribution in [0.25, 0.3) is 0 Å². The summed E-state index contributed by atoms with van der Waals surface area (Å²) in [6, 6.07) is 16.4. The highest BCUT2D eigenvalue weighted by Crippen LogP contribution is 2.23. The number of para-hydroxylation sites is 2. The molecule has 2 aromatic rings. The summed E-state index contributed by atoms with van der Waals surface area (Å²) in [6.45, 7) is 2.44. The van der Waals surface area contributed by atoms with Crippen LogP contribution >= 0.6 is 0 Å². The Morgan fingerprint density at radius 1 is 1.19 bits per heavy atom. The summed E-state index contributed by atoms with van der Waals surface area (Å²) >= 11 is 0. The maximum atomic E-state index is 12.1. The average molecular weight is 280 g/mol. The molecule has 0 aliphatic heterocycles. The third-order valence-corrected chi connectivity index (χ3v) is 2.91. The second kappa shape index (κ2) is 7.11. The van der Waals surface area contributed by atoms with Crippen LogP contribution in [0.15, 0.2) is 48.5 Å². The molecular formula is C17H16N2O2. The first kappa shape index (κ1) is 14.6. The van der Waals surface area contributed by atoms with E-state index in [2.05, 4.69) is 11.4 Å². The standard InChI is InChI=1S/C17H16N2O2/c1-2-21-16-6-4-3-5-15(16)19-17(20)11-13-7-9-14(12-18)10-8-13/h3-10H,2,11H2,1H3,(H,19,20). The van der Waals surface area contributed by atoms with Crippen LogP contribution in [0, 0.1) is 11.3 Å². The second-order valence-corrected chi connectivity index (χ2v) is 4.46. The zero-order valence-corrected chi connectivity index (χ0v) is 11.8. The van der Waals surface area contributed by atoms with Gasteiger partial charge in [-0.1, -0.05) is 24.3 Å². The molecule has 0 saturated heterocycles. The van der Waals surface area contributed by atoms with Crippen molar-refractivity contribution < 1.29 is 9.53 Å². The maximum Gasteiger partial charge on any atom is 0.228 e. The number of ether oxygens (including phenoxy) is 1. The Morgan fingerprint density at radius 3 is 2.57 bits per heavy atom. The lowest BCUT2D eigenvalue weighted by molar-refractivity contribution is -0.115. The highest BCUT2D eigenvalue weighted by molar-refractivity contribution is 5.93. The molecule has 0 radical (unpaired) electrons. The Hall–Kier alpha value is -2.80. The van der Waals surface area contributed by atoms with Gasteiger partial charge < -0.3 is 10.1 Å². The van der Waals surface area contributed by atoms with Gasteiger partial charge in [0.2, 0.25) is 5.91 Å². The minimum absolute atomic E-state index is 0.119. The maximum absolute atomic E-state index is 12.1. The minimum Gasteiger partial charge on any atom is -0.492 e. The van der Waals surface area contributed by atoms with Crippen molar-refractivity contribution >= 4 is 11.6 Å². The van der Waals surface area contributed by atoms with Crippen LogP contribution in [0.2, 0.25) is 0 Å². The molecule has 0 heterocycles. The normalized spacial score (nSPS) is 9.71. The van der Waals surface area contributed by atoms with Crippen LogP contribution in [-0.2, 0) is 11.2 Å². The number of carbonyl (C=O) groups is 1. The van der Waals surface area contributed by atoms with E-state index in [1.165, 1.54) is 0 Å². The monoisotopic (exact) mass is 280 g/mol. The molecule has 0 atom stereocenters. The molecule has 0 aromatic heterocycles. The number of carbonyl (C=O) groups excluding carboxylic acids is 1. The molecule has 4 nitrogen and oxygen atoms in total. The van der Waals surface area contributed by atoms with Gasteiger partial charge >= 0.3 is 0 Å². The van der Waals surface area contributed by atoms with E-state index < -0.39 is 0 Å². The number of nitrogens with zero attached hydrogens (tertiary/aromatic N) is 1. The highest BCUT2D eigenvalue weighted by atomic mass is 16.5. The summed E-state index contributed by atoms with van der Waals surface area (Å²) in [4.78, 5) is 12.1. The van der Waals surface area contributed by atoms with Crippen molar-refractivity contribution in [2.75, 3.05) is 11.9 Å². The van der Waals surface area contributed by atoms with Gasteiger partial charge in [0.25, 0.3) is 0 Å². The molecule has 0 fully saturated rings. The molecule has 2 aromatic carbocycles. The zero-order valence-electron chi connectivity index (χ0n) is 11.8. The van der Waals surface area contributed by atoms with Crippen molar-refractivity contribution in [1.82, 2.24) is 0 Å². The Labute approximate surface area is 124 Å². The van der Waals surface area contributed by atoms with Crippen molar-refractivity contribution in [3.05, 3.63) is 59.7 Å². The van der Waals surface area contributed by atoms with Gasteiger partial charge in [-0.2, -0.15) is 5.26 Å². The van der Waals surface area contributed by atoms with E-state index in [-0.39, 0.29) is 12.3 Å². The lowest BCUT2D eigenvalue weighted by atomic mass is 10.1. The van der Waals surface area contributed by atoms with Gasteiger partial charge in [-0.3, -0.25) is 4.79 Å². The van der Waals surface area contributed by atoms with Gasteiger partial charge in [-0.25, -0.2) is 0 Å². The van der Waals surface area contributed by atoms with E-state index in [1.54, 1.807) is 24.3 Å². The number of nitriles is 1. The molecule has 0 saturated carbocycles. The van der Waals surface area contributed by atoms with E-state index in [4.69, 9.17) is 10.00 Å². The van der Waals surface area contributed by atoms with E-state index in [0.717, 1.165) is 5.56 Å². The van der Waals surface area contributed by atoms with Crippen LogP contribution < -0.4 is 10.1 Å². The Balaban J connectivity index is 2.03. The molecule has 4 heteroatoms. The fraction of sp³-hybridized carbons (Fsp3) is 0.176. The van der Waals surface area contributed by atoms with E-state index >= 15 is 0 Å². The van der Waals surface area contributed by atoms with Crippen LogP contribution in [0.5, 0.6) is 5.75 Å². The molecule has 0 unspecified atom stereocenters. The Bertz CT molecular complexity index is 657. The molecule has 1 N–H and O–H groups in total. The molecule has 0 aliphatic rings. The highest BCUT2D eigenvalue weighted by Gasteiger charge is 2.08. The van der Waals surface area contributed by atoms with Crippen LogP contribution in [0.4, 0.5) is 5.69 Å². The smallest absolute Gasteiger partial charge is 0.228 e. The molecule has 0 spiro atoms. The molecule has 0 bridgehead atoms. The predicted molar refractivity (Wildman–Crippen MR) is 81.1 cm³/mol. The zero-order chi connectivity index (χ0) is 15.1. The third kappa shape index (κ3) is 4.08. The van der Waals surface area contributed by atoms with Crippen molar-refractivity contribution in [3.8, 4) is 11.8 Å². The number of nitrogens with one attached hydrogen (secondary N) is 1. The predicted octanol–water partition coefficient (Wildman–Crippen LogP) is 3.14. The molecule has 2 rings (SSSR count). The first-order chi connectivity index (χ1) is 10.2. The summed E-state index contributed by atoms with van der Waals surface area (Å²) in [5.74, 6) is 0.542. The van der Waals surface area contributed by atoms with Crippen LogP contribution in [0.1, 0.15) is 18.1 Å². The fourth-order valence-electron chi connectivity index (χ4n) is 1.93.